The molecular formula is C19H21ClN2O2. The van der Waals surface area contributed by atoms with Crippen LogP contribution in [0.1, 0.15) is 37.4 Å². The fourth-order valence-corrected chi connectivity index (χ4v) is 2.58. The van der Waals surface area contributed by atoms with E-state index in [4.69, 9.17) is 11.6 Å². The molecule has 5 heteroatoms. The Morgan fingerprint density at radius 2 is 1.67 bits per heavy atom. The third-order valence-corrected chi connectivity index (χ3v) is 3.91. The van der Waals surface area contributed by atoms with E-state index in [9.17, 15) is 9.59 Å². The number of halogens is 1. The van der Waals surface area contributed by atoms with Crippen molar-refractivity contribution in [3.05, 3.63) is 64.7 Å². The van der Waals surface area contributed by atoms with Crippen molar-refractivity contribution in [1.29, 1.82) is 0 Å². The van der Waals surface area contributed by atoms with Gasteiger partial charge < -0.3 is 10.6 Å². The van der Waals surface area contributed by atoms with E-state index in [2.05, 4.69) is 10.6 Å². The van der Waals surface area contributed by atoms with Gasteiger partial charge in [-0.15, -0.1) is 0 Å². The summed E-state index contributed by atoms with van der Waals surface area (Å²) in [6.45, 7) is 3.49. The van der Waals surface area contributed by atoms with E-state index in [1.165, 1.54) is 6.92 Å². The Balaban J connectivity index is 1.96. The van der Waals surface area contributed by atoms with Crippen molar-refractivity contribution >= 4 is 29.1 Å². The molecule has 2 N–H and O–H groups in total. The Hall–Kier alpha value is -2.33. The summed E-state index contributed by atoms with van der Waals surface area (Å²) in [5.41, 5.74) is 2.66. The highest BCUT2D eigenvalue weighted by Gasteiger charge is 2.13. The van der Waals surface area contributed by atoms with Crippen LogP contribution in [0.3, 0.4) is 0 Å². The average molecular weight is 345 g/mol. The molecule has 2 rings (SSSR count). The van der Waals surface area contributed by atoms with E-state index in [0.29, 0.717) is 11.4 Å². The zero-order chi connectivity index (χ0) is 17.5. The number of rotatable bonds is 6. The van der Waals surface area contributed by atoms with Crippen molar-refractivity contribution in [3.63, 3.8) is 0 Å². The quantitative estimate of drug-likeness (QED) is 0.828. The first-order valence-corrected chi connectivity index (χ1v) is 8.27. The molecular weight excluding hydrogens is 324 g/mol. The van der Waals surface area contributed by atoms with Crippen LogP contribution in [0.25, 0.3) is 0 Å². The minimum atomic E-state index is -0.116. The second-order valence-corrected chi connectivity index (χ2v) is 6.07. The first-order chi connectivity index (χ1) is 11.5. The van der Waals surface area contributed by atoms with Crippen LogP contribution in [-0.4, -0.2) is 11.8 Å². The predicted octanol–water partition coefficient (Wildman–Crippen LogP) is 4.11. The Morgan fingerprint density at radius 1 is 1.04 bits per heavy atom. The highest BCUT2D eigenvalue weighted by atomic mass is 35.5. The highest BCUT2D eigenvalue weighted by molar-refractivity contribution is 6.30. The van der Waals surface area contributed by atoms with Crippen LogP contribution in [-0.2, 0) is 16.0 Å². The lowest BCUT2D eigenvalue weighted by Crippen LogP contribution is -2.29. The monoisotopic (exact) mass is 344 g/mol. The largest absolute Gasteiger partial charge is 0.349 e. The van der Waals surface area contributed by atoms with Crippen molar-refractivity contribution in [2.45, 2.75) is 32.7 Å². The second kappa shape index (κ2) is 8.50. The fraction of sp³-hybridized carbons (Fsp3) is 0.263. The van der Waals surface area contributed by atoms with Crippen LogP contribution >= 0.6 is 11.6 Å². The maximum Gasteiger partial charge on any atom is 0.224 e. The normalized spacial score (nSPS) is 11.6. The van der Waals surface area contributed by atoms with E-state index in [1.807, 2.05) is 43.3 Å². The van der Waals surface area contributed by atoms with Gasteiger partial charge in [-0.05, 0) is 41.8 Å². The molecule has 0 unspecified atom stereocenters. The van der Waals surface area contributed by atoms with Crippen molar-refractivity contribution in [2.24, 2.45) is 0 Å². The summed E-state index contributed by atoms with van der Waals surface area (Å²) in [6, 6.07) is 14.7. The maximum absolute atomic E-state index is 12.3. The van der Waals surface area contributed by atoms with Crippen molar-refractivity contribution in [2.75, 3.05) is 5.32 Å². The van der Waals surface area contributed by atoms with Crippen molar-refractivity contribution in [1.82, 2.24) is 5.32 Å². The topological polar surface area (TPSA) is 58.2 Å². The van der Waals surface area contributed by atoms with Gasteiger partial charge in [-0.1, -0.05) is 42.8 Å². The van der Waals surface area contributed by atoms with E-state index in [0.717, 1.165) is 23.2 Å². The molecule has 0 aliphatic rings. The predicted molar refractivity (Wildman–Crippen MR) is 97.1 cm³/mol. The van der Waals surface area contributed by atoms with Gasteiger partial charge in [0.05, 0.1) is 12.5 Å². The highest BCUT2D eigenvalue weighted by Crippen LogP contribution is 2.19. The van der Waals surface area contributed by atoms with Crippen LogP contribution in [0, 0.1) is 0 Å². The molecule has 126 valence electrons. The summed E-state index contributed by atoms with van der Waals surface area (Å²) in [4.78, 5) is 23.3. The molecule has 0 fully saturated rings. The lowest BCUT2D eigenvalue weighted by Gasteiger charge is -2.17. The summed E-state index contributed by atoms with van der Waals surface area (Å²) in [6.07, 6.45) is 1.10. The van der Waals surface area contributed by atoms with Crippen molar-refractivity contribution in [3.8, 4) is 0 Å². The number of benzene rings is 2. The van der Waals surface area contributed by atoms with Crippen LogP contribution in [0.15, 0.2) is 48.5 Å². The molecule has 2 aromatic rings. The molecule has 0 bridgehead atoms. The molecule has 0 saturated heterocycles. The summed E-state index contributed by atoms with van der Waals surface area (Å²) in [5.74, 6) is -0.154. The molecule has 0 radical (unpaired) electrons. The molecule has 0 spiro atoms. The third-order valence-electron chi connectivity index (χ3n) is 3.65. The lowest BCUT2D eigenvalue weighted by molar-refractivity contribution is -0.121. The number of hydrogen-bond acceptors (Lipinski definition) is 2. The Morgan fingerprint density at radius 3 is 2.21 bits per heavy atom. The SMILES string of the molecule is CC[C@@H](NC(=O)Cc1ccc(NC(C)=O)cc1)c1ccc(Cl)cc1. The number of amides is 2. The van der Waals surface area contributed by atoms with E-state index < -0.39 is 0 Å². The number of hydrogen-bond donors (Lipinski definition) is 2. The maximum atomic E-state index is 12.3. The molecule has 0 aliphatic heterocycles. The average Bonchev–Trinajstić information content (AvgIpc) is 2.55. The van der Waals surface area contributed by atoms with Gasteiger partial charge in [0.1, 0.15) is 0 Å². The molecule has 2 aromatic carbocycles. The summed E-state index contributed by atoms with van der Waals surface area (Å²) >= 11 is 5.90. The van der Waals surface area contributed by atoms with Gasteiger partial charge in [-0.2, -0.15) is 0 Å². The van der Waals surface area contributed by atoms with Gasteiger partial charge in [0.25, 0.3) is 0 Å². The number of carbonyl (C=O) groups is 2. The molecule has 1 atom stereocenters. The summed E-state index contributed by atoms with van der Waals surface area (Å²) in [5, 5.41) is 6.43. The Bertz CT molecular complexity index is 696. The van der Waals surface area contributed by atoms with Gasteiger partial charge in [-0.3, -0.25) is 9.59 Å². The lowest BCUT2D eigenvalue weighted by atomic mass is 10.0. The van der Waals surface area contributed by atoms with Gasteiger partial charge in [0.2, 0.25) is 11.8 Å². The summed E-state index contributed by atoms with van der Waals surface area (Å²) in [7, 11) is 0. The van der Waals surface area contributed by atoms with E-state index in [1.54, 1.807) is 12.1 Å². The molecule has 0 aromatic heterocycles. The molecule has 24 heavy (non-hydrogen) atoms. The van der Waals surface area contributed by atoms with Crippen molar-refractivity contribution < 1.29 is 9.59 Å². The fourth-order valence-electron chi connectivity index (χ4n) is 2.46. The number of carbonyl (C=O) groups excluding carboxylic acids is 2. The van der Waals surface area contributed by atoms with Crippen LogP contribution in [0.5, 0.6) is 0 Å². The molecule has 0 heterocycles. The first kappa shape index (κ1) is 18.0. The van der Waals surface area contributed by atoms with E-state index >= 15 is 0 Å². The molecule has 4 nitrogen and oxygen atoms in total. The smallest absolute Gasteiger partial charge is 0.224 e. The van der Waals surface area contributed by atoms with Gasteiger partial charge in [0.15, 0.2) is 0 Å². The van der Waals surface area contributed by atoms with E-state index in [-0.39, 0.29) is 17.9 Å². The molecule has 0 saturated carbocycles. The summed E-state index contributed by atoms with van der Waals surface area (Å²) < 4.78 is 0. The van der Waals surface area contributed by atoms with Gasteiger partial charge >= 0.3 is 0 Å². The Labute approximate surface area is 147 Å². The standard InChI is InChI=1S/C19H21ClN2O2/c1-3-18(15-6-8-16(20)9-7-15)22-19(24)12-14-4-10-17(11-5-14)21-13(2)23/h4-11,18H,3,12H2,1-2H3,(H,21,23)(H,22,24)/t18-/m1/s1. The van der Waals surface area contributed by atoms with Crippen LogP contribution < -0.4 is 10.6 Å². The first-order valence-electron chi connectivity index (χ1n) is 7.89. The molecule has 2 amide bonds. The van der Waals surface area contributed by atoms with Gasteiger partial charge in [-0.25, -0.2) is 0 Å². The van der Waals surface area contributed by atoms with Crippen LogP contribution in [0.2, 0.25) is 5.02 Å². The zero-order valence-electron chi connectivity index (χ0n) is 13.8. The second-order valence-electron chi connectivity index (χ2n) is 5.63. The molecule has 0 aliphatic carbocycles. The third kappa shape index (κ3) is 5.39. The Kier molecular flexibility index (Phi) is 6.38. The minimum absolute atomic E-state index is 0.0339. The zero-order valence-corrected chi connectivity index (χ0v) is 14.6. The van der Waals surface area contributed by atoms with Gasteiger partial charge in [0, 0.05) is 17.6 Å². The number of nitrogens with one attached hydrogen (secondary N) is 2. The minimum Gasteiger partial charge on any atom is -0.349 e. The van der Waals surface area contributed by atoms with Crippen LogP contribution in [0.4, 0.5) is 5.69 Å². The number of anilines is 1.